The molecule has 0 aliphatic heterocycles. The Morgan fingerprint density at radius 1 is 1.36 bits per heavy atom. The van der Waals surface area contributed by atoms with Crippen LogP contribution >= 0.6 is 0 Å². The third-order valence-electron chi connectivity index (χ3n) is 2.62. The fourth-order valence-electron chi connectivity index (χ4n) is 0.626. The van der Waals surface area contributed by atoms with Crippen LogP contribution in [0.1, 0.15) is 20.8 Å². The first kappa shape index (κ1) is 10.7. The van der Waals surface area contributed by atoms with Crippen molar-refractivity contribution in [1.29, 1.82) is 0 Å². The molecule has 0 heterocycles. The van der Waals surface area contributed by atoms with Crippen LogP contribution in [0.25, 0.3) is 0 Å². The lowest BCUT2D eigenvalue weighted by Crippen LogP contribution is -2.42. The molecule has 0 aromatic rings. The maximum absolute atomic E-state index is 10.4. The Bertz CT molecular complexity index is 156. The highest BCUT2D eigenvalue weighted by Crippen LogP contribution is 2.38. The minimum atomic E-state index is -1.63. The van der Waals surface area contributed by atoms with Crippen molar-refractivity contribution in [2.45, 2.75) is 44.9 Å². The molecular weight excluding hydrogens is 156 g/mol. The molecule has 0 aliphatic rings. The van der Waals surface area contributed by atoms with E-state index in [0.717, 1.165) is 0 Å². The lowest BCUT2D eigenvalue weighted by Gasteiger charge is -2.37. The van der Waals surface area contributed by atoms with Crippen molar-refractivity contribution in [2.75, 3.05) is 0 Å². The van der Waals surface area contributed by atoms with Crippen molar-refractivity contribution >= 4 is 14.0 Å². The summed E-state index contributed by atoms with van der Waals surface area (Å²) >= 11 is 0. The molecule has 0 saturated carbocycles. The quantitative estimate of drug-likeness (QED) is 0.590. The second kappa shape index (κ2) is 2.97. The fraction of sp³-hybridized carbons (Fsp3) is 0.875. The average molecular weight is 173 g/mol. The highest BCUT2D eigenvalue weighted by atomic mass is 28.3. The first-order valence-corrected chi connectivity index (χ1v) is 7.07. The minimum Gasteiger partial charge on any atom is -0.550 e. The molecule has 0 saturated heterocycles. The number of carboxylic acids is 1. The van der Waals surface area contributed by atoms with Crippen molar-refractivity contribution in [3.8, 4) is 0 Å². The lowest BCUT2D eigenvalue weighted by atomic mass is 10.2. The Morgan fingerprint density at radius 2 is 1.73 bits per heavy atom. The average Bonchev–Trinajstić information content (AvgIpc) is 1.56. The number of aliphatic carboxylic acids is 1. The van der Waals surface area contributed by atoms with Crippen LogP contribution < -0.4 is 5.11 Å². The van der Waals surface area contributed by atoms with E-state index in [1.54, 1.807) is 0 Å². The van der Waals surface area contributed by atoms with Gasteiger partial charge in [0.25, 0.3) is 0 Å². The zero-order valence-corrected chi connectivity index (χ0v) is 9.02. The van der Waals surface area contributed by atoms with Gasteiger partial charge in [-0.2, -0.15) is 0 Å². The molecule has 2 nitrogen and oxygen atoms in total. The van der Waals surface area contributed by atoms with Crippen molar-refractivity contribution in [2.24, 2.45) is 0 Å². The van der Waals surface area contributed by atoms with Crippen molar-refractivity contribution in [3.63, 3.8) is 0 Å². The van der Waals surface area contributed by atoms with Gasteiger partial charge >= 0.3 is 0 Å². The molecule has 0 fully saturated rings. The summed E-state index contributed by atoms with van der Waals surface area (Å²) in [5, 5.41) is 10.5. The number of carboxylic acid groups (broad SMARTS) is 1. The van der Waals surface area contributed by atoms with E-state index in [9.17, 15) is 9.90 Å². The van der Waals surface area contributed by atoms with Crippen molar-refractivity contribution in [1.82, 2.24) is 0 Å². The third kappa shape index (κ3) is 3.06. The molecule has 0 rings (SSSR count). The molecular formula is C8H17O2Si-. The maximum atomic E-state index is 10.4. The van der Waals surface area contributed by atoms with E-state index in [2.05, 4.69) is 33.9 Å². The van der Waals surface area contributed by atoms with Crippen LogP contribution in [0.15, 0.2) is 0 Å². The molecule has 0 unspecified atom stereocenters. The Kier molecular flexibility index (Phi) is 2.89. The number of carbonyl (C=O) groups is 1. The first-order chi connectivity index (χ1) is 4.67. The van der Waals surface area contributed by atoms with Gasteiger partial charge in [-0.05, 0) is 11.1 Å². The molecule has 11 heavy (non-hydrogen) atoms. The van der Waals surface area contributed by atoms with E-state index < -0.39 is 14.0 Å². The Hall–Kier alpha value is -0.313. The van der Waals surface area contributed by atoms with Gasteiger partial charge in [-0.3, -0.25) is 0 Å². The second-order valence-electron chi connectivity index (χ2n) is 4.68. The summed E-state index contributed by atoms with van der Waals surface area (Å²) in [4.78, 5) is 10.4. The van der Waals surface area contributed by atoms with Gasteiger partial charge in [-0.25, -0.2) is 0 Å². The van der Waals surface area contributed by atoms with Crippen LogP contribution in [0, 0.1) is 0 Å². The Morgan fingerprint density at radius 3 is 1.82 bits per heavy atom. The number of hydrogen-bond donors (Lipinski definition) is 0. The van der Waals surface area contributed by atoms with E-state index in [4.69, 9.17) is 0 Å². The van der Waals surface area contributed by atoms with E-state index >= 15 is 0 Å². The molecule has 3 heteroatoms. The molecule has 0 aliphatic carbocycles. The fourth-order valence-corrected chi connectivity index (χ4v) is 1.88. The predicted octanol–water partition coefficient (Wildman–Crippen LogP) is 1.24. The van der Waals surface area contributed by atoms with E-state index in [-0.39, 0.29) is 11.1 Å². The van der Waals surface area contributed by atoms with Gasteiger partial charge in [0, 0.05) is 5.97 Å². The molecule has 0 spiro atoms. The SMILES string of the molecule is CC(C)(C)[Si](C)(C)CC(=O)[O-]. The van der Waals surface area contributed by atoms with Crippen LogP contribution in [0.4, 0.5) is 0 Å². The van der Waals surface area contributed by atoms with Crippen LogP contribution in [-0.2, 0) is 4.79 Å². The molecule has 0 N–H and O–H groups in total. The summed E-state index contributed by atoms with van der Waals surface area (Å²) in [6.07, 6.45) is 0. The molecule has 66 valence electrons. The molecule has 0 atom stereocenters. The third-order valence-corrected chi connectivity index (χ3v) is 7.85. The van der Waals surface area contributed by atoms with E-state index in [1.165, 1.54) is 0 Å². The van der Waals surface area contributed by atoms with E-state index in [1.807, 2.05) is 0 Å². The first-order valence-electron chi connectivity index (χ1n) is 3.87. The maximum Gasteiger partial charge on any atom is 0.0585 e. The molecule has 0 aromatic carbocycles. The topological polar surface area (TPSA) is 40.1 Å². The van der Waals surface area contributed by atoms with Gasteiger partial charge in [0.1, 0.15) is 0 Å². The summed E-state index contributed by atoms with van der Waals surface area (Å²) in [7, 11) is -1.63. The van der Waals surface area contributed by atoms with Crippen LogP contribution in [0.3, 0.4) is 0 Å². The molecule has 0 radical (unpaired) electrons. The van der Waals surface area contributed by atoms with Crippen LogP contribution in [0.2, 0.25) is 24.2 Å². The monoisotopic (exact) mass is 173 g/mol. The van der Waals surface area contributed by atoms with Gasteiger partial charge in [0.05, 0.1) is 8.07 Å². The molecule has 0 bridgehead atoms. The highest BCUT2D eigenvalue weighted by Gasteiger charge is 2.34. The number of rotatable bonds is 2. The van der Waals surface area contributed by atoms with Gasteiger partial charge in [-0.15, -0.1) is 0 Å². The highest BCUT2D eigenvalue weighted by molar-refractivity contribution is 6.82. The Balaban J connectivity index is 4.34. The molecule has 0 amide bonds. The van der Waals surface area contributed by atoms with Gasteiger partial charge in [0.15, 0.2) is 0 Å². The minimum absolute atomic E-state index is 0.146. The van der Waals surface area contributed by atoms with Gasteiger partial charge in [-0.1, -0.05) is 33.9 Å². The van der Waals surface area contributed by atoms with Gasteiger partial charge in [0.2, 0.25) is 0 Å². The lowest BCUT2D eigenvalue weighted by molar-refractivity contribution is -0.302. The summed E-state index contributed by atoms with van der Waals surface area (Å²) in [5.74, 6) is -0.906. The normalized spacial score (nSPS) is 13.2. The summed E-state index contributed by atoms with van der Waals surface area (Å²) in [5.41, 5.74) is 0. The van der Waals surface area contributed by atoms with Crippen LogP contribution in [-0.4, -0.2) is 14.0 Å². The number of hydrogen-bond acceptors (Lipinski definition) is 2. The van der Waals surface area contributed by atoms with Crippen molar-refractivity contribution < 1.29 is 9.90 Å². The van der Waals surface area contributed by atoms with Crippen molar-refractivity contribution in [3.05, 3.63) is 0 Å². The summed E-state index contributed by atoms with van der Waals surface area (Å²) < 4.78 is 0. The summed E-state index contributed by atoms with van der Waals surface area (Å²) in [6.45, 7) is 10.5. The zero-order chi connectivity index (χ0) is 9.28. The second-order valence-corrected chi connectivity index (χ2v) is 10.3. The standard InChI is InChI=1S/C8H18O2Si/c1-8(2,3)11(4,5)6-7(9)10/h6H2,1-5H3,(H,9,10)/p-1. The van der Waals surface area contributed by atoms with Crippen LogP contribution in [0.5, 0.6) is 0 Å². The predicted molar refractivity (Wildman–Crippen MR) is 47.0 cm³/mol. The zero-order valence-electron chi connectivity index (χ0n) is 8.02. The largest absolute Gasteiger partial charge is 0.550 e. The summed E-state index contributed by atoms with van der Waals surface area (Å²) in [6, 6.07) is 0.260. The molecule has 0 aromatic heterocycles. The van der Waals surface area contributed by atoms with Gasteiger partial charge < -0.3 is 9.90 Å². The number of carbonyl (C=O) groups excluding carboxylic acids is 1. The smallest absolute Gasteiger partial charge is 0.0585 e. The van der Waals surface area contributed by atoms with E-state index in [0.29, 0.717) is 0 Å². The Labute approximate surface area is 69.6 Å².